The molecule has 0 aliphatic carbocycles. The molecule has 5 heteroatoms. The summed E-state index contributed by atoms with van der Waals surface area (Å²) in [5, 5.41) is 0. The van der Waals surface area contributed by atoms with Crippen LogP contribution in [0.5, 0.6) is 0 Å². The molecule has 1 saturated heterocycles. The number of hydrogen-bond donors (Lipinski definition) is 0. The summed E-state index contributed by atoms with van der Waals surface area (Å²) in [6.45, 7) is 3.17. The molecule has 2 amide bonds. The van der Waals surface area contributed by atoms with E-state index in [0.29, 0.717) is 19.7 Å². The van der Waals surface area contributed by atoms with E-state index in [2.05, 4.69) is 0 Å². The van der Waals surface area contributed by atoms with E-state index in [1.165, 1.54) is 6.92 Å². The zero-order valence-electron chi connectivity index (χ0n) is 16.0. The standard InChI is InChI=1S/C23H24N2O3/c1-17(26)25-12-11-18-7-5-6-10-20(18)21(25)15-23(27)24-13-14-28-22(16-24)19-8-3-2-4-9-19/h2-12,21-22H,13-16H2,1H3. The third kappa shape index (κ3) is 3.71. The molecule has 2 aliphatic rings. The van der Waals surface area contributed by atoms with Crippen molar-refractivity contribution in [3.05, 3.63) is 77.5 Å². The number of rotatable bonds is 3. The molecule has 2 atom stereocenters. The smallest absolute Gasteiger partial charge is 0.225 e. The number of nitrogens with zero attached hydrogens (tertiary/aromatic N) is 2. The summed E-state index contributed by atoms with van der Waals surface area (Å²) in [4.78, 5) is 28.8. The van der Waals surface area contributed by atoms with E-state index >= 15 is 0 Å². The summed E-state index contributed by atoms with van der Waals surface area (Å²) >= 11 is 0. The summed E-state index contributed by atoms with van der Waals surface area (Å²) in [5.74, 6) is -0.0155. The maximum Gasteiger partial charge on any atom is 0.225 e. The average molecular weight is 376 g/mol. The van der Waals surface area contributed by atoms with E-state index in [4.69, 9.17) is 4.74 Å². The van der Waals surface area contributed by atoms with Gasteiger partial charge in [0, 0.05) is 19.7 Å². The Hall–Kier alpha value is -2.92. The van der Waals surface area contributed by atoms with E-state index in [9.17, 15) is 9.59 Å². The molecule has 0 bridgehead atoms. The Labute approximate surface area is 165 Å². The van der Waals surface area contributed by atoms with Gasteiger partial charge < -0.3 is 14.5 Å². The third-order valence-electron chi connectivity index (χ3n) is 5.43. The van der Waals surface area contributed by atoms with Gasteiger partial charge in [0.15, 0.2) is 0 Å². The van der Waals surface area contributed by atoms with Gasteiger partial charge in [-0.05, 0) is 22.8 Å². The molecule has 2 aromatic rings. The molecular weight excluding hydrogens is 352 g/mol. The van der Waals surface area contributed by atoms with Gasteiger partial charge >= 0.3 is 0 Å². The van der Waals surface area contributed by atoms with Gasteiger partial charge in [-0.1, -0.05) is 54.6 Å². The molecule has 0 aromatic heterocycles. The Morgan fingerprint density at radius 2 is 1.82 bits per heavy atom. The van der Waals surface area contributed by atoms with Crippen molar-refractivity contribution >= 4 is 17.9 Å². The van der Waals surface area contributed by atoms with E-state index in [-0.39, 0.29) is 30.4 Å². The predicted octanol–water partition coefficient (Wildman–Crippen LogP) is 3.55. The highest BCUT2D eigenvalue weighted by molar-refractivity contribution is 5.82. The van der Waals surface area contributed by atoms with Crippen LogP contribution in [0.2, 0.25) is 0 Å². The molecule has 2 aliphatic heterocycles. The van der Waals surface area contributed by atoms with Crippen LogP contribution in [0.15, 0.2) is 60.8 Å². The largest absolute Gasteiger partial charge is 0.370 e. The van der Waals surface area contributed by atoms with Crippen LogP contribution in [0.4, 0.5) is 0 Å². The van der Waals surface area contributed by atoms with Crippen LogP contribution < -0.4 is 0 Å². The molecule has 0 N–H and O–H groups in total. The highest BCUT2D eigenvalue weighted by Crippen LogP contribution is 2.34. The second-order valence-electron chi connectivity index (χ2n) is 7.20. The van der Waals surface area contributed by atoms with Crippen molar-refractivity contribution in [3.63, 3.8) is 0 Å². The first-order valence-corrected chi connectivity index (χ1v) is 9.64. The first-order chi connectivity index (χ1) is 13.6. The summed E-state index contributed by atoms with van der Waals surface area (Å²) in [6.07, 6.45) is 3.87. The number of fused-ring (bicyclic) bond motifs is 1. The molecule has 28 heavy (non-hydrogen) atoms. The predicted molar refractivity (Wildman–Crippen MR) is 107 cm³/mol. The van der Waals surface area contributed by atoms with Crippen LogP contribution >= 0.6 is 0 Å². The summed E-state index contributed by atoms with van der Waals surface area (Å²) < 4.78 is 5.88. The lowest BCUT2D eigenvalue weighted by Gasteiger charge is -2.36. The summed E-state index contributed by atoms with van der Waals surface area (Å²) in [6, 6.07) is 17.6. The maximum absolute atomic E-state index is 13.1. The topological polar surface area (TPSA) is 49.9 Å². The number of hydrogen-bond acceptors (Lipinski definition) is 3. The molecule has 0 spiro atoms. The second kappa shape index (κ2) is 7.98. The summed E-state index contributed by atoms with van der Waals surface area (Å²) in [7, 11) is 0. The molecule has 1 fully saturated rings. The van der Waals surface area contributed by atoms with E-state index in [1.807, 2.05) is 65.6 Å². The lowest BCUT2D eigenvalue weighted by molar-refractivity contribution is -0.141. The fourth-order valence-electron chi connectivity index (χ4n) is 3.95. The summed E-state index contributed by atoms with van der Waals surface area (Å²) in [5.41, 5.74) is 3.15. The Balaban J connectivity index is 1.52. The maximum atomic E-state index is 13.1. The first-order valence-electron chi connectivity index (χ1n) is 9.64. The lowest BCUT2D eigenvalue weighted by Crippen LogP contribution is -2.44. The van der Waals surface area contributed by atoms with Gasteiger partial charge in [-0.2, -0.15) is 0 Å². The average Bonchev–Trinajstić information content (AvgIpc) is 2.74. The highest BCUT2D eigenvalue weighted by Gasteiger charge is 2.32. The van der Waals surface area contributed by atoms with Gasteiger partial charge in [0.2, 0.25) is 11.8 Å². The molecule has 2 unspecified atom stereocenters. The third-order valence-corrected chi connectivity index (χ3v) is 5.43. The van der Waals surface area contributed by atoms with Gasteiger partial charge in [0.25, 0.3) is 0 Å². The molecule has 0 saturated carbocycles. The molecule has 2 heterocycles. The minimum absolute atomic E-state index is 0.0468. The number of ether oxygens (including phenoxy) is 1. The number of carbonyl (C=O) groups is 2. The van der Waals surface area contributed by atoms with Crippen LogP contribution in [0.1, 0.15) is 42.2 Å². The number of carbonyl (C=O) groups excluding carboxylic acids is 2. The van der Waals surface area contributed by atoms with Gasteiger partial charge in [-0.3, -0.25) is 9.59 Å². The minimum atomic E-state index is -0.274. The zero-order chi connectivity index (χ0) is 19.5. The fraction of sp³-hybridized carbons (Fsp3) is 0.304. The zero-order valence-corrected chi connectivity index (χ0v) is 16.0. The second-order valence-corrected chi connectivity index (χ2v) is 7.20. The van der Waals surface area contributed by atoms with E-state index in [1.54, 1.807) is 11.1 Å². The fourth-order valence-corrected chi connectivity index (χ4v) is 3.95. The van der Waals surface area contributed by atoms with Crippen LogP contribution in [0.25, 0.3) is 6.08 Å². The molecule has 144 valence electrons. The Morgan fingerprint density at radius 3 is 2.61 bits per heavy atom. The Kier molecular flexibility index (Phi) is 5.26. The minimum Gasteiger partial charge on any atom is -0.370 e. The Bertz CT molecular complexity index is 894. The van der Waals surface area contributed by atoms with E-state index in [0.717, 1.165) is 16.7 Å². The number of amides is 2. The number of benzene rings is 2. The monoisotopic (exact) mass is 376 g/mol. The lowest BCUT2D eigenvalue weighted by atomic mass is 9.93. The van der Waals surface area contributed by atoms with Crippen molar-refractivity contribution in [2.45, 2.75) is 25.5 Å². The molecule has 4 rings (SSSR count). The van der Waals surface area contributed by atoms with Crippen molar-refractivity contribution in [1.29, 1.82) is 0 Å². The van der Waals surface area contributed by atoms with Crippen molar-refractivity contribution in [1.82, 2.24) is 9.80 Å². The van der Waals surface area contributed by atoms with Gasteiger partial charge in [-0.15, -0.1) is 0 Å². The quantitative estimate of drug-likeness (QED) is 0.823. The van der Waals surface area contributed by atoms with Gasteiger partial charge in [-0.25, -0.2) is 0 Å². The number of morpholine rings is 1. The van der Waals surface area contributed by atoms with Crippen LogP contribution in [-0.2, 0) is 14.3 Å². The highest BCUT2D eigenvalue weighted by atomic mass is 16.5. The SMILES string of the molecule is CC(=O)N1C=Cc2ccccc2C1CC(=O)N1CCOC(c2ccccc2)C1. The molecule has 5 nitrogen and oxygen atoms in total. The van der Waals surface area contributed by atoms with Crippen molar-refractivity contribution in [2.75, 3.05) is 19.7 Å². The van der Waals surface area contributed by atoms with Crippen LogP contribution in [0.3, 0.4) is 0 Å². The van der Waals surface area contributed by atoms with Gasteiger partial charge in [0.05, 0.1) is 25.6 Å². The van der Waals surface area contributed by atoms with Crippen molar-refractivity contribution in [3.8, 4) is 0 Å². The first kappa shape index (κ1) is 18.4. The van der Waals surface area contributed by atoms with Crippen molar-refractivity contribution < 1.29 is 14.3 Å². The normalized spacial score (nSPS) is 21.3. The Morgan fingerprint density at radius 1 is 1.07 bits per heavy atom. The van der Waals surface area contributed by atoms with Gasteiger partial charge in [0.1, 0.15) is 6.10 Å². The van der Waals surface area contributed by atoms with Crippen LogP contribution in [-0.4, -0.2) is 41.3 Å². The molecular formula is C23H24N2O3. The molecule has 0 radical (unpaired) electrons. The van der Waals surface area contributed by atoms with Crippen molar-refractivity contribution in [2.24, 2.45) is 0 Å². The molecule has 2 aromatic carbocycles. The van der Waals surface area contributed by atoms with E-state index < -0.39 is 0 Å². The van der Waals surface area contributed by atoms with Crippen LogP contribution in [0, 0.1) is 0 Å².